The molecule has 0 aliphatic carbocycles. The van der Waals surface area contributed by atoms with Gasteiger partial charge in [0.2, 0.25) is 0 Å². The van der Waals surface area contributed by atoms with E-state index < -0.39 is 11.2 Å². The first-order valence-electron chi connectivity index (χ1n) is 6.33. The Hall–Kier alpha value is -1.56. The van der Waals surface area contributed by atoms with Crippen LogP contribution >= 0.6 is 23.2 Å². The van der Waals surface area contributed by atoms with Gasteiger partial charge in [0.25, 0.3) is 5.56 Å². The van der Waals surface area contributed by atoms with E-state index in [1.165, 1.54) is 0 Å². The highest BCUT2D eigenvalue weighted by Gasteiger charge is 2.14. The third kappa shape index (κ3) is 3.56. The Labute approximate surface area is 131 Å². The minimum Gasteiger partial charge on any atom is -0.308 e. The molecular formula is C14H15Cl2N3O2. The molecular weight excluding hydrogens is 313 g/mol. The minimum absolute atomic E-state index is 0.0356. The van der Waals surface area contributed by atoms with Gasteiger partial charge < -0.3 is 4.90 Å². The zero-order valence-corrected chi connectivity index (χ0v) is 13.2. The number of hydrogen-bond donors (Lipinski definition) is 1. The zero-order chi connectivity index (χ0) is 15.6. The quantitative estimate of drug-likeness (QED) is 0.874. The number of hydrogen-bond acceptors (Lipinski definition) is 3. The van der Waals surface area contributed by atoms with E-state index in [2.05, 4.69) is 4.98 Å². The molecule has 1 aromatic carbocycles. The van der Waals surface area contributed by atoms with Gasteiger partial charge in [-0.1, -0.05) is 35.3 Å². The van der Waals surface area contributed by atoms with Crippen LogP contribution in [0.4, 0.5) is 0 Å². The second-order valence-electron chi connectivity index (χ2n) is 4.89. The fourth-order valence-corrected chi connectivity index (χ4v) is 2.31. The van der Waals surface area contributed by atoms with E-state index in [0.717, 1.165) is 4.57 Å². The molecule has 1 aromatic heterocycles. The Morgan fingerprint density at radius 2 is 1.76 bits per heavy atom. The Bertz CT molecular complexity index is 748. The summed E-state index contributed by atoms with van der Waals surface area (Å²) in [7, 11) is 3.74. The maximum atomic E-state index is 12.5. The van der Waals surface area contributed by atoms with E-state index in [0.29, 0.717) is 23.7 Å². The number of aromatic amines is 1. The molecule has 0 saturated heterocycles. The van der Waals surface area contributed by atoms with E-state index in [1.807, 2.05) is 19.0 Å². The second-order valence-corrected chi connectivity index (χ2v) is 5.70. The summed E-state index contributed by atoms with van der Waals surface area (Å²) in [5.41, 5.74) is -0.0339. The molecule has 0 aliphatic heterocycles. The van der Waals surface area contributed by atoms with E-state index in [9.17, 15) is 9.59 Å². The van der Waals surface area contributed by atoms with Crippen molar-refractivity contribution in [3.8, 4) is 11.1 Å². The van der Waals surface area contributed by atoms with Gasteiger partial charge in [-0.05, 0) is 31.8 Å². The molecule has 0 atom stereocenters. The molecule has 0 fully saturated rings. The monoisotopic (exact) mass is 327 g/mol. The van der Waals surface area contributed by atoms with Crippen LogP contribution in [0.1, 0.15) is 0 Å². The van der Waals surface area contributed by atoms with Crippen molar-refractivity contribution < 1.29 is 0 Å². The van der Waals surface area contributed by atoms with E-state index >= 15 is 0 Å². The summed E-state index contributed by atoms with van der Waals surface area (Å²) in [4.78, 5) is 28.8. The number of benzene rings is 1. The smallest absolute Gasteiger partial charge is 0.308 e. The SMILES string of the molecule is CN(C)CCn1c(=O)[nH]c(Cl)c(-c2ccc(Cl)cc2)c1=O. The van der Waals surface area contributed by atoms with Crippen LogP contribution in [-0.4, -0.2) is 35.1 Å². The second kappa shape index (κ2) is 6.47. The summed E-state index contributed by atoms with van der Waals surface area (Å²) < 4.78 is 1.15. The predicted octanol–water partition coefficient (Wildman–Crippen LogP) is 2.07. The summed E-state index contributed by atoms with van der Waals surface area (Å²) in [6.45, 7) is 0.865. The number of likely N-dealkylation sites (N-methyl/N-ethyl adjacent to an activating group) is 1. The first-order valence-corrected chi connectivity index (χ1v) is 7.09. The first-order chi connectivity index (χ1) is 9.90. The molecule has 0 unspecified atom stereocenters. The van der Waals surface area contributed by atoms with E-state index in [-0.39, 0.29) is 10.7 Å². The van der Waals surface area contributed by atoms with Crippen molar-refractivity contribution in [2.45, 2.75) is 6.54 Å². The maximum absolute atomic E-state index is 12.5. The lowest BCUT2D eigenvalue weighted by Crippen LogP contribution is -2.38. The Morgan fingerprint density at radius 1 is 1.14 bits per heavy atom. The molecule has 21 heavy (non-hydrogen) atoms. The number of nitrogens with zero attached hydrogens (tertiary/aromatic N) is 2. The van der Waals surface area contributed by atoms with Gasteiger partial charge in [0.05, 0.1) is 5.56 Å². The van der Waals surface area contributed by atoms with Crippen molar-refractivity contribution in [2.24, 2.45) is 0 Å². The minimum atomic E-state index is -0.510. The van der Waals surface area contributed by atoms with E-state index in [1.54, 1.807) is 24.3 Å². The molecule has 1 heterocycles. The molecule has 0 aliphatic rings. The third-order valence-corrected chi connectivity index (χ3v) is 3.58. The van der Waals surface area contributed by atoms with Crippen LogP contribution in [0.5, 0.6) is 0 Å². The molecule has 1 N–H and O–H groups in total. The summed E-state index contributed by atoms with van der Waals surface area (Å²) in [5.74, 6) is 0. The first kappa shape index (κ1) is 15.8. The van der Waals surface area contributed by atoms with Gasteiger partial charge in [0.1, 0.15) is 5.15 Å². The van der Waals surface area contributed by atoms with E-state index in [4.69, 9.17) is 23.2 Å². The number of aromatic nitrogens is 2. The molecule has 0 saturated carbocycles. The fraction of sp³-hybridized carbons (Fsp3) is 0.286. The van der Waals surface area contributed by atoms with Crippen LogP contribution in [0.3, 0.4) is 0 Å². The molecule has 5 nitrogen and oxygen atoms in total. The Kier molecular flexibility index (Phi) is 4.88. The normalized spacial score (nSPS) is 11.1. The molecule has 2 aromatic rings. The lowest BCUT2D eigenvalue weighted by Gasteiger charge is -2.12. The van der Waals surface area contributed by atoms with Crippen molar-refractivity contribution in [1.29, 1.82) is 0 Å². The molecule has 0 amide bonds. The van der Waals surface area contributed by atoms with Crippen LogP contribution in [0.2, 0.25) is 10.2 Å². The summed E-state index contributed by atoms with van der Waals surface area (Å²) >= 11 is 11.9. The highest BCUT2D eigenvalue weighted by Crippen LogP contribution is 2.23. The summed E-state index contributed by atoms with van der Waals surface area (Å²) in [5, 5.41) is 0.598. The molecule has 7 heteroatoms. The van der Waals surface area contributed by atoms with Gasteiger partial charge in [-0.3, -0.25) is 14.3 Å². The van der Waals surface area contributed by atoms with Crippen LogP contribution < -0.4 is 11.2 Å². The standard InChI is InChI=1S/C14H15Cl2N3O2/c1-18(2)7-8-19-13(20)11(12(16)17-14(19)21)9-3-5-10(15)6-4-9/h3-6H,7-8H2,1-2H3,(H,17,21). The zero-order valence-electron chi connectivity index (χ0n) is 11.7. The average Bonchev–Trinajstić information content (AvgIpc) is 2.40. The Morgan fingerprint density at radius 3 is 2.33 bits per heavy atom. The van der Waals surface area contributed by atoms with Crippen LogP contribution in [0.25, 0.3) is 11.1 Å². The number of H-pyrrole nitrogens is 1. The summed E-state index contributed by atoms with van der Waals surface area (Å²) in [6.07, 6.45) is 0. The van der Waals surface area contributed by atoms with Crippen LogP contribution in [0.15, 0.2) is 33.9 Å². The van der Waals surface area contributed by atoms with Crippen LogP contribution in [0, 0.1) is 0 Å². The van der Waals surface area contributed by atoms with Gasteiger partial charge in [-0.15, -0.1) is 0 Å². The topological polar surface area (TPSA) is 58.1 Å². The van der Waals surface area contributed by atoms with Crippen LogP contribution in [-0.2, 0) is 6.54 Å². The number of rotatable bonds is 4. The van der Waals surface area contributed by atoms with Crippen molar-refractivity contribution in [2.75, 3.05) is 20.6 Å². The molecule has 0 radical (unpaired) electrons. The van der Waals surface area contributed by atoms with Crippen molar-refractivity contribution >= 4 is 23.2 Å². The lowest BCUT2D eigenvalue weighted by atomic mass is 10.1. The fourth-order valence-electron chi connectivity index (χ4n) is 1.91. The van der Waals surface area contributed by atoms with Gasteiger partial charge in [0, 0.05) is 18.1 Å². The highest BCUT2D eigenvalue weighted by molar-refractivity contribution is 6.32. The van der Waals surface area contributed by atoms with Crippen molar-refractivity contribution in [1.82, 2.24) is 14.5 Å². The van der Waals surface area contributed by atoms with Crippen molar-refractivity contribution in [3.63, 3.8) is 0 Å². The van der Waals surface area contributed by atoms with Gasteiger partial charge >= 0.3 is 5.69 Å². The highest BCUT2D eigenvalue weighted by atomic mass is 35.5. The Balaban J connectivity index is 2.56. The molecule has 0 spiro atoms. The summed E-state index contributed by atoms with van der Waals surface area (Å²) in [6, 6.07) is 6.73. The maximum Gasteiger partial charge on any atom is 0.329 e. The van der Waals surface area contributed by atoms with Gasteiger partial charge in [-0.25, -0.2) is 4.79 Å². The van der Waals surface area contributed by atoms with Gasteiger partial charge in [-0.2, -0.15) is 0 Å². The van der Waals surface area contributed by atoms with Crippen molar-refractivity contribution in [3.05, 3.63) is 55.3 Å². The molecule has 112 valence electrons. The largest absolute Gasteiger partial charge is 0.329 e. The molecule has 0 bridgehead atoms. The number of nitrogens with one attached hydrogen (secondary N) is 1. The number of halogens is 2. The predicted molar refractivity (Wildman–Crippen MR) is 85.3 cm³/mol. The molecule has 2 rings (SSSR count). The van der Waals surface area contributed by atoms with Gasteiger partial charge in [0.15, 0.2) is 0 Å². The lowest BCUT2D eigenvalue weighted by molar-refractivity contribution is 0.376. The third-order valence-electron chi connectivity index (χ3n) is 3.04. The average molecular weight is 328 g/mol.